The monoisotopic (exact) mass is 250 g/mol. The Kier molecular flexibility index (Phi) is 3.55. The molecule has 1 aromatic carbocycles. The van der Waals surface area contributed by atoms with Crippen LogP contribution in [0.3, 0.4) is 0 Å². The molecule has 16 heavy (non-hydrogen) atoms. The van der Waals surface area contributed by atoms with E-state index in [1.807, 2.05) is 0 Å². The van der Waals surface area contributed by atoms with Crippen LogP contribution in [0, 0.1) is 11.6 Å². The highest BCUT2D eigenvalue weighted by Crippen LogP contribution is 2.17. The lowest BCUT2D eigenvalue weighted by Gasteiger charge is -2.06. The van der Waals surface area contributed by atoms with Crippen molar-refractivity contribution in [3.8, 4) is 0 Å². The van der Waals surface area contributed by atoms with Crippen LogP contribution in [0.2, 0.25) is 0 Å². The smallest absolute Gasteiger partial charge is 0.246 e. The summed E-state index contributed by atoms with van der Waals surface area (Å²) < 4.78 is 50.6. The number of benzene rings is 1. The van der Waals surface area contributed by atoms with Gasteiger partial charge in [-0.1, -0.05) is 6.07 Å². The van der Waals surface area contributed by atoms with Crippen molar-refractivity contribution in [2.24, 2.45) is 5.73 Å². The Balaban J connectivity index is 3.12. The van der Waals surface area contributed by atoms with Crippen molar-refractivity contribution < 1.29 is 22.0 Å². The first-order chi connectivity index (χ1) is 7.34. The highest BCUT2D eigenvalue weighted by molar-refractivity contribution is 7.89. The number of hydrogen-bond acceptors (Lipinski definition) is 3. The largest absolute Gasteiger partial charge is 0.369 e. The molecule has 1 rings (SSSR count). The molecule has 0 atom stereocenters. The van der Waals surface area contributed by atoms with Crippen molar-refractivity contribution in [3.63, 3.8) is 0 Å². The molecule has 3 N–H and O–H groups in total. The van der Waals surface area contributed by atoms with Crippen LogP contribution >= 0.6 is 0 Å². The summed E-state index contributed by atoms with van der Waals surface area (Å²) in [6, 6.07) is 2.61. The van der Waals surface area contributed by atoms with E-state index in [0.29, 0.717) is 0 Å². The van der Waals surface area contributed by atoms with Crippen LogP contribution in [0.25, 0.3) is 0 Å². The first-order valence-electron chi connectivity index (χ1n) is 4.06. The molecule has 0 aliphatic carbocycles. The molecule has 1 amide bonds. The van der Waals surface area contributed by atoms with Crippen molar-refractivity contribution in [1.29, 1.82) is 0 Å². The third-order valence-corrected chi connectivity index (χ3v) is 3.08. The van der Waals surface area contributed by atoms with Crippen LogP contribution in [0.4, 0.5) is 8.78 Å². The fourth-order valence-electron chi connectivity index (χ4n) is 0.978. The van der Waals surface area contributed by atoms with Gasteiger partial charge in [0.05, 0.1) is 6.54 Å². The molecule has 0 radical (unpaired) electrons. The fraction of sp³-hybridized carbons (Fsp3) is 0.125. The molecule has 0 bridgehead atoms. The average molecular weight is 250 g/mol. The molecule has 0 heterocycles. The molecular formula is C8H8F2N2O3S. The summed E-state index contributed by atoms with van der Waals surface area (Å²) in [5.74, 6) is -3.44. The van der Waals surface area contributed by atoms with Gasteiger partial charge in [0.2, 0.25) is 15.9 Å². The second-order valence-electron chi connectivity index (χ2n) is 2.84. The summed E-state index contributed by atoms with van der Waals surface area (Å²) in [7, 11) is -4.42. The van der Waals surface area contributed by atoms with Gasteiger partial charge in [-0.05, 0) is 12.1 Å². The summed E-state index contributed by atoms with van der Waals surface area (Å²) in [6.07, 6.45) is 0. The minimum atomic E-state index is -4.42. The van der Waals surface area contributed by atoms with Crippen molar-refractivity contribution in [3.05, 3.63) is 29.8 Å². The van der Waals surface area contributed by atoms with Gasteiger partial charge in [0.15, 0.2) is 4.90 Å². The van der Waals surface area contributed by atoms with Crippen molar-refractivity contribution in [1.82, 2.24) is 4.72 Å². The molecule has 88 valence electrons. The minimum Gasteiger partial charge on any atom is -0.369 e. The van der Waals surface area contributed by atoms with E-state index in [1.165, 1.54) is 0 Å². The van der Waals surface area contributed by atoms with E-state index < -0.39 is 39.0 Å². The molecule has 0 aliphatic rings. The van der Waals surface area contributed by atoms with Gasteiger partial charge in [-0.3, -0.25) is 4.79 Å². The number of nitrogens with one attached hydrogen (secondary N) is 1. The van der Waals surface area contributed by atoms with Gasteiger partial charge in [0.25, 0.3) is 0 Å². The maximum atomic E-state index is 13.1. The van der Waals surface area contributed by atoms with Gasteiger partial charge >= 0.3 is 0 Å². The van der Waals surface area contributed by atoms with E-state index in [0.717, 1.165) is 18.2 Å². The number of carbonyl (C=O) groups is 1. The van der Waals surface area contributed by atoms with E-state index in [2.05, 4.69) is 0 Å². The molecule has 0 fully saturated rings. The molecule has 0 saturated heterocycles. The lowest BCUT2D eigenvalue weighted by molar-refractivity contribution is -0.116. The summed E-state index contributed by atoms with van der Waals surface area (Å²) in [5.41, 5.74) is 4.70. The van der Waals surface area contributed by atoms with E-state index >= 15 is 0 Å². The summed E-state index contributed by atoms with van der Waals surface area (Å²) in [5, 5.41) is 0. The zero-order valence-electron chi connectivity index (χ0n) is 7.91. The number of carbonyl (C=O) groups excluding carboxylic acids is 1. The van der Waals surface area contributed by atoms with Gasteiger partial charge in [0, 0.05) is 0 Å². The summed E-state index contributed by atoms with van der Waals surface area (Å²) in [6.45, 7) is -0.726. The number of nitrogens with two attached hydrogens (primary N) is 1. The Morgan fingerprint density at radius 2 is 1.81 bits per heavy atom. The Morgan fingerprint density at radius 3 is 2.25 bits per heavy atom. The molecule has 0 aliphatic heterocycles. The Bertz CT molecular complexity index is 496. The molecule has 0 aromatic heterocycles. The topological polar surface area (TPSA) is 89.3 Å². The second kappa shape index (κ2) is 4.54. The van der Waals surface area contributed by atoms with Crippen LogP contribution in [-0.4, -0.2) is 20.9 Å². The first-order valence-corrected chi connectivity index (χ1v) is 5.55. The third-order valence-electron chi connectivity index (χ3n) is 1.62. The second-order valence-corrected chi connectivity index (χ2v) is 4.55. The zero-order valence-corrected chi connectivity index (χ0v) is 8.72. The molecule has 0 unspecified atom stereocenters. The number of hydrogen-bond donors (Lipinski definition) is 2. The van der Waals surface area contributed by atoms with E-state index in [1.54, 1.807) is 4.72 Å². The number of halogens is 2. The van der Waals surface area contributed by atoms with Gasteiger partial charge in [-0.2, -0.15) is 0 Å². The Hall–Kier alpha value is -1.54. The maximum absolute atomic E-state index is 13.1. The molecule has 5 nitrogen and oxygen atoms in total. The summed E-state index contributed by atoms with van der Waals surface area (Å²) >= 11 is 0. The number of sulfonamides is 1. The third kappa shape index (κ3) is 2.74. The highest BCUT2D eigenvalue weighted by Gasteiger charge is 2.23. The van der Waals surface area contributed by atoms with Crippen molar-refractivity contribution in [2.45, 2.75) is 4.90 Å². The van der Waals surface area contributed by atoms with Gasteiger partial charge in [-0.15, -0.1) is 0 Å². The predicted octanol–water partition coefficient (Wildman–Crippen LogP) is -0.272. The number of primary amides is 1. The van der Waals surface area contributed by atoms with E-state index in [4.69, 9.17) is 5.73 Å². The van der Waals surface area contributed by atoms with Gasteiger partial charge in [0.1, 0.15) is 11.6 Å². The lowest BCUT2D eigenvalue weighted by Crippen LogP contribution is -2.34. The Labute approximate surface area is 90.3 Å². The summed E-state index contributed by atoms with van der Waals surface area (Å²) in [4.78, 5) is 9.23. The number of amides is 1. The number of rotatable bonds is 4. The van der Waals surface area contributed by atoms with Crippen LogP contribution < -0.4 is 10.5 Å². The zero-order chi connectivity index (χ0) is 12.3. The lowest BCUT2D eigenvalue weighted by atomic mass is 10.3. The minimum absolute atomic E-state index is 0.726. The van der Waals surface area contributed by atoms with Crippen LogP contribution in [0.5, 0.6) is 0 Å². The quantitative estimate of drug-likeness (QED) is 0.770. The molecule has 8 heteroatoms. The molecular weight excluding hydrogens is 242 g/mol. The standard InChI is InChI=1S/C8H8F2N2O3S/c9-5-2-1-3-6(10)8(5)16(14,15)12-4-7(11)13/h1-3,12H,4H2,(H2,11,13). The fourth-order valence-corrected chi connectivity index (χ4v) is 2.10. The van der Waals surface area contributed by atoms with E-state index in [-0.39, 0.29) is 0 Å². The predicted molar refractivity (Wildman–Crippen MR) is 50.7 cm³/mol. The van der Waals surface area contributed by atoms with Crippen LogP contribution in [0.1, 0.15) is 0 Å². The molecule has 1 aromatic rings. The molecule has 0 spiro atoms. The highest BCUT2D eigenvalue weighted by atomic mass is 32.2. The van der Waals surface area contributed by atoms with Gasteiger partial charge < -0.3 is 5.73 Å². The normalized spacial score (nSPS) is 11.4. The SMILES string of the molecule is NC(=O)CNS(=O)(=O)c1c(F)cccc1F. The van der Waals surface area contributed by atoms with Gasteiger partial charge in [-0.25, -0.2) is 21.9 Å². The van der Waals surface area contributed by atoms with Crippen LogP contribution in [-0.2, 0) is 14.8 Å². The van der Waals surface area contributed by atoms with Crippen molar-refractivity contribution in [2.75, 3.05) is 6.54 Å². The maximum Gasteiger partial charge on any atom is 0.246 e. The van der Waals surface area contributed by atoms with Crippen LogP contribution in [0.15, 0.2) is 23.1 Å². The van der Waals surface area contributed by atoms with Crippen molar-refractivity contribution >= 4 is 15.9 Å². The molecule has 0 saturated carbocycles. The first kappa shape index (κ1) is 12.5. The van der Waals surface area contributed by atoms with E-state index in [9.17, 15) is 22.0 Å². The average Bonchev–Trinajstić information content (AvgIpc) is 2.14. The Morgan fingerprint density at radius 1 is 1.31 bits per heavy atom.